The molecule has 0 N–H and O–H groups in total. The molecule has 0 heterocycles. The molecule has 0 spiro atoms. The molecular formula is C25H31F3O2. The number of benzene rings is 2. The van der Waals surface area contributed by atoms with E-state index >= 15 is 0 Å². The van der Waals surface area contributed by atoms with Crippen LogP contribution in [-0.4, -0.2) is 12.7 Å². The summed E-state index contributed by atoms with van der Waals surface area (Å²) in [5.41, 5.74) is 1.25. The fourth-order valence-electron chi connectivity index (χ4n) is 4.02. The molecule has 2 nitrogen and oxygen atoms in total. The molecule has 164 valence electrons. The van der Waals surface area contributed by atoms with Crippen molar-refractivity contribution in [2.75, 3.05) is 6.61 Å². The van der Waals surface area contributed by atoms with E-state index in [1.165, 1.54) is 13.0 Å². The molecule has 0 saturated heterocycles. The summed E-state index contributed by atoms with van der Waals surface area (Å²) in [5, 5.41) is 0. The van der Waals surface area contributed by atoms with Crippen LogP contribution in [0.4, 0.5) is 13.2 Å². The average molecular weight is 421 g/mol. The molecule has 0 atom stereocenters. The third kappa shape index (κ3) is 5.78. The summed E-state index contributed by atoms with van der Waals surface area (Å²) in [6, 6.07) is 8.30. The van der Waals surface area contributed by atoms with E-state index in [1.807, 2.05) is 12.1 Å². The molecule has 0 amide bonds. The highest BCUT2D eigenvalue weighted by Crippen LogP contribution is 2.36. The predicted molar refractivity (Wildman–Crippen MR) is 112 cm³/mol. The summed E-state index contributed by atoms with van der Waals surface area (Å²) in [5.74, 6) is -1.13. The minimum Gasteiger partial charge on any atom is -0.493 e. The molecule has 0 bridgehead atoms. The second-order valence-electron chi connectivity index (χ2n) is 8.19. The summed E-state index contributed by atoms with van der Waals surface area (Å²) in [6.45, 7) is 4.33. The summed E-state index contributed by atoms with van der Waals surface area (Å²) >= 11 is 0. The first-order chi connectivity index (χ1) is 14.5. The number of hydrogen-bond donors (Lipinski definition) is 0. The Bertz CT molecular complexity index is 829. The number of unbranched alkanes of at least 4 members (excludes halogenated alkanes) is 2. The van der Waals surface area contributed by atoms with Crippen LogP contribution in [0.3, 0.4) is 0 Å². The molecule has 1 saturated carbocycles. The minimum absolute atomic E-state index is 0.0192. The van der Waals surface area contributed by atoms with Crippen molar-refractivity contribution in [3.8, 4) is 5.75 Å². The van der Waals surface area contributed by atoms with Gasteiger partial charge in [0.1, 0.15) is 11.6 Å². The molecule has 1 aliphatic carbocycles. The van der Waals surface area contributed by atoms with Crippen LogP contribution in [0.2, 0.25) is 0 Å². The highest BCUT2D eigenvalue weighted by Gasteiger charge is 2.25. The van der Waals surface area contributed by atoms with E-state index in [0.717, 1.165) is 50.5 Å². The summed E-state index contributed by atoms with van der Waals surface area (Å²) in [7, 11) is 0. The Labute approximate surface area is 177 Å². The summed E-state index contributed by atoms with van der Waals surface area (Å²) in [4.78, 5) is 0. The third-order valence-electron chi connectivity index (χ3n) is 5.93. The highest BCUT2D eigenvalue weighted by molar-refractivity contribution is 5.31. The van der Waals surface area contributed by atoms with Gasteiger partial charge in [0.25, 0.3) is 0 Å². The number of ether oxygens (including phenoxy) is 2. The molecule has 5 heteroatoms. The van der Waals surface area contributed by atoms with Crippen LogP contribution < -0.4 is 4.74 Å². The van der Waals surface area contributed by atoms with Gasteiger partial charge in [-0.05, 0) is 62.1 Å². The lowest BCUT2D eigenvalue weighted by atomic mass is 9.82. The molecule has 0 unspecified atom stereocenters. The van der Waals surface area contributed by atoms with Crippen molar-refractivity contribution >= 4 is 0 Å². The smallest absolute Gasteiger partial charge is 0.164 e. The normalized spacial score (nSPS) is 19.1. The summed E-state index contributed by atoms with van der Waals surface area (Å²) < 4.78 is 53.7. The second-order valence-corrected chi connectivity index (χ2v) is 8.19. The maximum absolute atomic E-state index is 14.6. The topological polar surface area (TPSA) is 18.5 Å². The van der Waals surface area contributed by atoms with Gasteiger partial charge in [-0.15, -0.1) is 0 Å². The quantitative estimate of drug-likeness (QED) is 0.399. The van der Waals surface area contributed by atoms with Gasteiger partial charge in [0.2, 0.25) is 0 Å². The first-order valence-electron chi connectivity index (χ1n) is 11.0. The fraction of sp³-hybridized carbons (Fsp3) is 0.520. The van der Waals surface area contributed by atoms with Crippen LogP contribution >= 0.6 is 0 Å². The maximum atomic E-state index is 14.6. The Kier molecular flexibility index (Phi) is 8.20. The monoisotopic (exact) mass is 420 g/mol. The van der Waals surface area contributed by atoms with Gasteiger partial charge >= 0.3 is 0 Å². The van der Waals surface area contributed by atoms with Crippen molar-refractivity contribution in [3.05, 3.63) is 64.5 Å². The Morgan fingerprint density at radius 1 is 0.933 bits per heavy atom. The first-order valence-corrected chi connectivity index (χ1v) is 11.0. The zero-order valence-electron chi connectivity index (χ0n) is 17.9. The van der Waals surface area contributed by atoms with Gasteiger partial charge in [-0.2, -0.15) is 0 Å². The largest absolute Gasteiger partial charge is 0.493 e. The van der Waals surface area contributed by atoms with Crippen LogP contribution in [0.1, 0.15) is 74.5 Å². The van der Waals surface area contributed by atoms with Crippen LogP contribution in [0.25, 0.3) is 0 Å². The molecule has 2 aromatic carbocycles. The summed E-state index contributed by atoms with van der Waals surface area (Å²) in [6.07, 6.45) is 6.35. The second kappa shape index (κ2) is 10.9. The van der Waals surface area contributed by atoms with Crippen LogP contribution in [-0.2, 0) is 11.3 Å². The molecule has 3 rings (SSSR count). The molecule has 30 heavy (non-hydrogen) atoms. The van der Waals surface area contributed by atoms with Crippen molar-refractivity contribution in [3.63, 3.8) is 0 Å². The molecular weight excluding hydrogens is 389 g/mol. The van der Waals surface area contributed by atoms with Crippen molar-refractivity contribution in [2.45, 2.75) is 77.4 Å². The van der Waals surface area contributed by atoms with Gasteiger partial charge in [-0.3, -0.25) is 0 Å². The van der Waals surface area contributed by atoms with E-state index in [2.05, 4.69) is 6.92 Å². The van der Waals surface area contributed by atoms with E-state index in [1.54, 1.807) is 12.1 Å². The van der Waals surface area contributed by atoms with Gasteiger partial charge in [0.15, 0.2) is 11.6 Å². The lowest BCUT2D eigenvalue weighted by molar-refractivity contribution is 0.0116. The fourth-order valence-corrected chi connectivity index (χ4v) is 4.02. The SMILES string of the molecule is CCCCCOc1ccc(C2CCC(OCc3ccc(C)c(F)c3F)CC2)c(F)c1. The average Bonchev–Trinajstić information content (AvgIpc) is 2.75. The molecule has 0 aromatic heterocycles. The number of rotatable bonds is 9. The van der Waals surface area contributed by atoms with Crippen LogP contribution in [0.5, 0.6) is 5.75 Å². The lowest BCUT2D eigenvalue weighted by Gasteiger charge is -2.29. The molecule has 0 aliphatic heterocycles. The van der Waals surface area contributed by atoms with Crippen molar-refractivity contribution in [1.82, 2.24) is 0 Å². The van der Waals surface area contributed by atoms with Gasteiger partial charge in [-0.1, -0.05) is 38.0 Å². The van der Waals surface area contributed by atoms with Crippen molar-refractivity contribution in [1.29, 1.82) is 0 Å². The first kappa shape index (κ1) is 22.7. The molecule has 1 fully saturated rings. The standard InChI is InChI=1S/C25H31F3O2/c1-3-4-5-14-29-21-12-13-22(23(26)15-21)18-8-10-20(11-9-18)30-16-19-7-6-17(2)24(27)25(19)28/h6-7,12-13,15,18,20H,3-5,8-11,14,16H2,1-2H3. The van der Waals surface area contributed by atoms with Gasteiger partial charge in [0, 0.05) is 11.6 Å². The number of hydrogen-bond acceptors (Lipinski definition) is 2. The van der Waals surface area contributed by atoms with Crippen LogP contribution in [0.15, 0.2) is 30.3 Å². The van der Waals surface area contributed by atoms with Crippen molar-refractivity contribution < 1.29 is 22.6 Å². The Morgan fingerprint density at radius 2 is 1.70 bits per heavy atom. The van der Waals surface area contributed by atoms with Crippen LogP contribution in [0, 0.1) is 24.4 Å². The van der Waals surface area contributed by atoms with E-state index in [9.17, 15) is 13.2 Å². The Balaban J connectivity index is 1.49. The molecule has 2 aromatic rings. The number of halogens is 3. The highest BCUT2D eigenvalue weighted by atomic mass is 19.2. The van der Waals surface area contributed by atoms with Crippen molar-refractivity contribution in [2.24, 2.45) is 0 Å². The molecule has 1 aliphatic rings. The van der Waals surface area contributed by atoms with Gasteiger partial charge in [0.05, 0.1) is 19.3 Å². The minimum atomic E-state index is -0.831. The Hall–Kier alpha value is -2.01. The van der Waals surface area contributed by atoms with Gasteiger partial charge in [-0.25, -0.2) is 13.2 Å². The lowest BCUT2D eigenvalue weighted by Crippen LogP contribution is -2.21. The third-order valence-corrected chi connectivity index (χ3v) is 5.93. The predicted octanol–water partition coefficient (Wildman–Crippen LogP) is 7.22. The van der Waals surface area contributed by atoms with E-state index in [-0.39, 0.29) is 35.6 Å². The maximum Gasteiger partial charge on any atom is 0.164 e. The van der Waals surface area contributed by atoms with E-state index < -0.39 is 11.6 Å². The van der Waals surface area contributed by atoms with Gasteiger partial charge < -0.3 is 9.47 Å². The molecule has 0 radical (unpaired) electrons. The zero-order valence-corrected chi connectivity index (χ0v) is 17.9. The number of aryl methyl sites for hydroxylation is 1. The zero-order chi connectivity index (χ0) is 21.5. The Morgan fingerprint density at radius 3 is 2.40 bits per heavy atom. The van der Waals surface area contributed by atoms with E-state index in [0.29, 0.717) is 12.4 Å². The van der Waals surface area contributed by atoms with E-state index in [4.69, 9.17) is 9.47 Å².